The summed E-state index contributed by atoms with van der Waals surface area (Å²) in [5.41, 5.74) is 4.44. The fraction of sp³-hybridized carbons (Fsp3) is 0.192. The van der Waals surface area contributed by atoms with Crippen molar-refractivity contribution in [1.82, 2.24) is 10.6 Å². The van der Waals surface area contributed by atoms with Gasteiger partial charge >= 0.3 is 18.0 Å². The number of carbonyl (C=O) groups is 3. The number of carboxylic acid groups (broad SMARTS) is 1. The molecular weight excluding hydrogens is 458 g/mol. The van der Waals surface area contributed by atoms with Gasteiger partial charge in [-0.15, -0.1) is 0 Å². The number of nitrogens with one attached hydrogen (secondary N) is 2. The molecule has 1 atom stereocenters. The van der Waals surface area contributed by atoms with Crippen LogP contribution < -0.4 is 10.6 Å². The third-order valence-corrected chi connectivity index (χ3v) is 5.80. The van der Waals surface area contributed by atoms with Crippen molar-refractivity contribution in [3.63, 3.8) is 0 Å². The Morgan fingerprint density at radius 1 is 0.886 bits per heavy atom. The van der Waals surface area contributed by atoms with Crippen LogP contribution in [-0.2, 0) is 14.3 Å². The van der Waals surface area contributed by atoms with Crippen molar-refractivity contribution in [2.75, 3.05) is 13.2 Å². The van der Waals surface area contributed by atoms with E-state index in [1.54, 1.807) is 18.2 Å². The van der Waals surface area contributed by atoms with Gasteiger partial charge in [0, 0.05) is 5.92 Å². The predicted octanol–water partition coefficient (Wildman–Crippen LogP) is 4.10. The van der Waals surface area contributed by atoms with Gasteiger partial charge in [0.1, 0.15) is 12.6 Å². The normalized spacial score (nSPS) is 13.3. The molecule has 2 amide bonds. The largest absolute Gasteiger partial charge is 0.477 e. The van der Waals surface area contributed by atoms with Crippen molar-refractivity contribution in [3.8, 4) is 11.1 Å². The summed E-state index contributed by atoms with van der Waals surface area (Å²) in [6, 6.07) is 22.2. The van der Waals surface area contributed by atoms with Crippen LogP contribution >= 0.6 is 0 Å². The van der Waals surface area contributed by atoms with E-state index in [2.05, 4.69) is 5.32 Å². The molecule has 0 saturated heterocycles. The van der Waals surface area contributed by atoms with Crippen molar-refractivity contribution >= 4 is 18.0 Å². The summed E-state index contributed by atoms with van der Waals surface area (Å²) in [6.45, 7) is -1.42. The third-order valence-electron chi connectivity index (χ3n) is 5.80. The Morgan fingerprint density at radius 2 is 1.43 bits per heavy atom. The van der Waals surface area contributed by atoms with Gasteiger partial charge < -0.3 is 20.5 Å². The second-order valence-corrected chi connectivity index (χ2v) is 8.04. The summed E-state index contributed by atoms with van der Waals surface area (Å²) in [5, 5.41) is 12.9. The van der Waals surface area contributed by atoms with Gasteiger partial charge in [-0.3, -0.25) is 4.79 Å². The van der Waals surface area contributed by atoms with Crippen molar-refractivity contribution in [2.45, 2.75) is 17.9 Å². The van der Waals surface area contributed by atoms with Crippen LogP contribution in [-0.4, -0.2) is 42.2 Å². The van der Waals surface area contributed by atoms with Crippen LogP contribution in [0, 0.1) is 0 Å². The van der Waals surface area contributed by atoms with Crippen LogP contribution in [0.4, 0.5) is 13.6 Å². The van der Waals surface area contributed by atoms with E-state index in [-0.39, 0.29) is 12.5 Å². The van der Waals surface area contributed by atoms with Gasteiger partial charge in [0.15, 0.2) is 0 Å². The number of rotatable bonds is 8. The molecule has 0 heterocycles. The molecule has 0 spiro atoms. The second-order valence-electron chi connectivity index (χ2n) is 8.04. The van der Waals surface area contributed by atoms with Gasteiger partial charge in [-0.1, -0.05) is 78.9 Å². The molecule has 3 N–H and O–H groups in total. The van der Waals surface area contributed by atoms with Crippen LogP contribution in [0.3, 0.4) is 0 Å². The Balaban J connectivity index is 1.46. The molecule has 0 radical (unpaired) electrons. The molecule has 0 unspecified atom stereocenters. The summed E-state index contributed by atoms with van der Waals surface area (Å²) in [7, 11) is 0. The lowest BCUT2D eigenvalue weighted by Gasteiger charge is -2.21. The highest BCUT2D eigenvalue weighted by Gasteiger charge is 2.40. The van der Waals surface area contributed by atoms with Crippen molar-refractivity contribution < 1.29 is 33.0 Å². The zero-order valence-corrected chi connectivity index (χ0v) is 18.4. The van der Waals surface area contributed by atoms with Crippen LogP contribution in [0.1, 0.15) is 28.7 Å². The average Bonchev–Trinajstić information content (AvgIpc) is 3.19. The van der Waals surface area contributed by atoms with Crippen molar-refractivity contribution in [2.24, 2.45) is 0 Å². The molecule has 0 aromatic heterocycles. The zero-order valence-electron chi connectivity index (χ0n) is 18.4. The molecule has 35 heavy (non-hydrogen) atoms. The highest BCUT2D eigenvalue weighted by Crippen LogP contribution is 2.44. The first-order valence-electron chi connectivity index (χ1n) is 10.8. The molecule has 180 valence electrons. The van der Waals surface area contributed by atoms with Gasteiger partial charge in [-0.2, -0.15) is 8.78 Å². The number of ether oxygens (including phenoxy) is 1. The molecule has 0 aliphatic heterocycles. The third kappa shape index (κ3) is 5.13. The molecule has 1 aliphatic rings. The number of alkyl halides is 2. The fourth-order valence-corrected chi connectivity index (χ4v) is 4.08. The molecule has 9 heteroatoms. The zero-order chi connectivity index (χ0) is 25.0. The van der Waals surface area contributed by atoms with E-state index in [1.165, 1.54) is 12.1 Å². The number of hydrogen-bond acceptors (Lipinski definition) is 4. The van der Waals surface area contributed by atoms with Gasteiger partial charge in [0.25, 0.3) is 0 Å². The van der Waals surface area contributed by atoms with Gasteiger partial charge in [-0.05, 0) is 27.8 Å². The Labute approximate surface area is 199 Å². The Bertz CT molecular complexity index is 1200. The first kappa shape index (κ1) is 23.9. The fourth-order valence-electron chi connectivity index (χ4n) is 4.08. The van der Waals surface area contributed by atoms with Gasteiger partial charge in [-0.25, -0.2) is 9.59 Å². The topological polar surface area (TPSA) is 105 Å². The number of alkyl carbamates (subject to hydrolysis) is 1. The van der Waals surface area contributed by atoms with E-state index in [0.29, 0.717) is 5.56 Å². The minimum absolute atomic E-state index is 0.0000735. The number of carbonyl (C=O) groups excluding carboxylic acids is 2. The summed E-state index contributed by atoms with van der Waals surface area (Å²) < 4.78 is 32.3. The Morgan fingerprint density at radius 3 is 2.00 bits per heavy atom. The Kier molecular flexibility index (Phi) is 6.77. The summed E-state index contributed by atoms with van der Waals surface area (Å²) in [4.78, 5) is 35.9. The standard InChI is InChI=1S/C26H22F2N2O5/c27-26(28,24(32)33)15-29-23(31)22(16-8-2-1-3-9-16)30-25(34)35-14-21-19-12-6-4-10-17(19)18-11-5-7-13-20(18)21/h1-13,21-22H,14-15H2,(H,29,31)(H,30,34)(H,32,33)/t22-/m0/s1. The minimum atomic E-state index is -4.15. The minimum Gasteiger partial charge on any atom is -0.477 e. The van der Waals surface area contributed by atoms with Gasteiger partial charge in [0.2, 0.25) is 5.91 Å². The van der Waals surface area contributed by atoms with E-state index in [9.17, 15) is 23.2 Å². The van der Waals surface area contributed by atoms with E-state index >= 15 is 0 Å². The van der Waals surface area contributed by atoms with Crippen molar-refractivity contribution in [1.29, 1.82) is 0 Å². The number of benzene rings is 3. The molecule has 0 fully saturated rings. The molecule has 3 aromatic carbocycles. The lowest BCUT2D eigenvalue weighted by molar-refractivity contribution is -0.164. The molecule has 4 rings (SSSR count). The van der Waals surface area contributed by atoms with Crippen LogP contribution in [0.15, 0.2) is 78.9 Å². The second kappa shape index (κ2) is 9.92. The van der Waals surface area contributed by atoms with E-state index in [1.807, 2.05) is 53.8 Å². The summed E-state index contributed by atoms with van der Waals surface area (Å²) >= 11 is 0. The number of amides is 2. The van der Waals surface area contributed by atoms with E-state index in [0.717, 1.165) is 22.3 Å². The maximum atomic E-state index is 13.4. The molecular formula is C26H22F2N2O5. The molecule has 3 aromatic rings. The quantitative estimate of drug-likeness (QED) is 0.450. The van der Waals surface area contributed by atoms with Gasteiger partial charge in [0.05, 0.1) is 6.54 Å². The number of hydrogen-bond donors (Lipinski definition) is 3. The first-order chi connectivity index (χ1) is 16.8. The van der Waals surface area contributed by atoms with Crippen molar-refractivity contribution in [3.05, 3.63) is 95.6 Å². The molecule has 1 aliphatic carbocycles. The number of halogens is 2. The smallest absolute Gasteiger partial charge is 0.408 e. The highest BCUT2D eigenvalue weighted by molar-refractivity contribution is 5.87. The first-order valence-corrected chi connectivity index (χ1v) is 10.8. The molecule has 0 saturated carbocycles. The molecule has 7 nitrogen and oxygen atoms in total. The molecule has 0 bridgehead atoms. The number of carboxylic acids is 1. The predicted molar refractivity (Wildman–Crippen MR) is 123 cm³/mol. The summed E-state index contributed by atoms with van der Waals surface area (Å²) in [6.07, 6.45) is -0.916. The number of fused-ring (bicyclic) bond motifs is 3. The van der Waals surface area contributed by atoms with Crippen LogP contribution in [0.2, 0.25) is 0 Å². The lowest BCUT2D eigenvalue weighted by Crippen LogP contribution is -2.47. The average molecular weight is 480 g/mol. The van der Waals surface area contributed by atoms with E-state index < -0.39 is 36.5 Å². The van der Waals surface area contributed by atoms with Crippen LogP contribution in [0.5, 0.6) is 0 Å². The highest BCUT2D eigenvalue weighted by atomic mass is 19.3. The monoisotopic (exact) mass is 480 g/mol. The van der Waals surface area contributed by atoms with Crippen LogP contribution in [0.25, 0.3) is 11.1 Å². The number of aliphatic carboxylic acids is 1. The SMILES string of the molecule is O=C(N[C@H](C(=O)NCC(F)(F)C(=O)O)c1ccccc1)OCC1c2ccccc2-c2ccccc21. The Hall–Kier alpha value is -4.27. The maximum absolute atomic E-state index is 13.4. The summed E-state index contributed by atoms with van der Waals surface area (Å²) in [5.74, 6) is -7.71. The lowest BCUT2D eigenvalue weighted by atomic mass is 9.98. The van der Waals surface area contributed by atoms with E-state index in [4.69, 9.17) is 9.84 Å². The maximum Gasteiger partial charge on any atom is 0.408 e.